The lowest BCUT2D eigenvalue weighted by Crippen LogP contribution is -2.56. The van der Waals surface area contributed by atoms with Gasteiger partial charge in [-0.1, -0.05) is 45.4 Å². The number of aliphatic hydroxyl groups is 1. The first kappa shape index (κ1) is 44.3. The molecular weight excluding hydrogens is 841 g/mol. The van der Waals surface area contributed by atoms with Crippen molar-refractivity contribution in [2.45, 2.75) is 128 Å². The van der Waals surface area contributed by atoms with Gasteiger partial charge in [0.25, 0.3) is 0 Å². The first-order chi connectivity index (χ1) is 32.0. The summed E-state index contributed by atoms with van der Waals surface area (Å²) >= 11 is 0. The lowest BCUT2D eigenvalue weighted by molar-refractivity contribution is -0.149. The third-order valence-corrected chi connectivity index (χ3v) is 15.2. The van der Waals surface area contributed by atoms with Crippen LogP contribution in [0.5, 0.6) is 5.75 Å². The van der Waals surface area contributed by atoms with E-state index < -0.39 is 24.6 Å². The number of aromatic nitrogens is 4. The van der Waals surface area contributed by atoms with E-state index in [-0.39, 0.29) is 47.8 Å². The van der Waals surface area contributed by atoms with E-state index in [4.69, 9.17) is 28.9 Å². The number of likely N-dealkylation sites (tertiary alicyclic amines) is 2. The van der Waals surface area contributed by atoms with Gasteiger partial charge in [-0.25, -0.2) is 14.8 Å². The largest absolute Gasteiger partial charge is 0.488 e. The number of rotatable bonds is 12. The van der Waals surface area contributed by atoms with Crippen LogP contribution in [0.1, 0.15) is 108 Å². The zero-order valence-corrected chi connectivity index (χ0v) is 38.5. The summed E-state index contributed by atoms with van der Waals surface area (Å²) in [6, 6.07) is 13.2. The van der Waals surface area contributed by atoms with E-state index >= 15 is 0 Å². The van der Waals surface area contributed by atoms with Gasteiger partial charge >= 0.3 is 6.09 Å². The van der Waals surface area contributed by atoms with Crippen LogP contribution < -0.4 is 15.4 Å². The fourth-order valence-electron chi connectivity index (χ4n) is 11.7. The van der Waals surface area contributed by atoms with Crippen LogP contribution in [0.15, 0.2) is 48.7 Å². The van der Waals surface area contributed by atoms with Gasteiger partial charge in [0, 0.05) is 43.4 Å². The number of alkyl carbamates (subject to hydrolysis) is 1. The third kappa shape index (κ3) is 7.98. The maximum Gasteiger partial charge on any atom is 0.407 e. The average Bonchev–Trinajstić information content (AvgIpc) is 4.19. The molecule has 3 aromatic carbocycles. The molecule has 5 aromatic rings. The minimum Gasteiger partial charge on any atom is -0.488 e. The molecule has 6 heterocycles. The topological polar surface area (TPSA) is 196 Å². The molecule has 16 nitrogen and oxygen atoms in total. The Morgan fingerprint density at radius 3 is 2.53 bits per heavy atom. The molecule has 0 radical (unpaired) electrons. The highest BCUT2D eigenvalue weighted by atomic mass is 16.6. The first-order valence-electron chi connectivity index (χ1n) is 23.9. The highest BCUT2D eigenvalue weighted by Gasteiger charge is 2.50. The van der Waals surface area contributed by atoms with Gasteiger partial charge in [-0.2, -0.15) is 0 Å². The molecule has 66 heavy (non-hydrogen) atoms. The van der Waals surface area contributed by atoms with Gasteiger partial charge in [0.1, 0.15) is 30.0 Å². The van der Waals surface area contributed by atoms with Crippen LogP contribution in [-0.4, -0.2) is 111 Å². The Hall–Kier alpha value is -5.55. The maximum atomic E-state index is 14.8. The van der Waals surface area contributed by atoms with Gasteiger partial charge in [0.15, 0.2) is 0 Å². The van der Waals surface area contributed by atoms with Crippen molar-refractivity contribution in [3.8, 4) is 28.1 Å². The number of H-pyrrole nitrogens is 2. The second kappa shape index (κ2) is 18.3. The van der Waals surface area contributed by atoms with Crippen LogP contribution in [0.2, 0.25) is 0 Å². The van der Waals surface area contributed by atoms with Gasteiger partial charge in [-0.3, -0.25) is 14.9 Å². The van der Waals surface area contributed by atoms with Gasteiger partial charge in [0.05, 0.1) is 48.2 Å². The molecule has 8 unspecified atom stereocenters. The van der Waals surface area contributed by atoms with E-state index in [0.29, 0.717) is 25.7 Å². The molecule has 10 rings (SSSR count). The van der Waals surface area contributed by atoms with Crippen molar-refractivity contribution >= 4 is 39.7 Å². The molecular formula is C50H62N8O8. The van der Waals surface area contributed by atoms with Crippen molar-refractivity contribution in [2.24, 2.45) is 17.8 Å². The van der Waals surface area contributed by atoms with Crippen LogP contribution >= 0.6 is 0 Å². The van der Waals surface area contributed by atoms with E-state index in [9.17, 15) is 19.5 Å². The second-order valence-corrected chi connectivity index (χ2v) is 19.2. The lowest BCUT2D eigenvalue weighted by Gasteiger charge is -2.37. The number of methoxy groups -OCH3 is 2. The van der Waals surface area contributed by atoms with Gasteiger partial charge in [-0.05, 0) is 115 Å². The van der Waals surface area contributed by atoms with Crippen molar-refractivity contribution < 1.29 is 38.4 Å². The Balaban J connectivity index is 0.914. The number of fused-ring (bicyclic) bond motifs is 7. The molecule has 8 atom stereocenters. The van der Waals surface area contributed by atoms with Gasteiger partial charge in [-0.15, -0.1) is 0 Å². The average molecular weight is 903 g/mol. The molecule has 4 fully saturated rings. The number of amides is 3. The third-order valence-electron chi connectivity index (χ3n) is 15.2. The Morgan fingerprint density at radius 2 is 1.76 bits per heavy atom. The standard InChI is InChI=1S/C50H62N8O8/c1-6-32-12-15-39(57(32)47(59)42(26(2)3)55-49(61)63-4)45-51-24-37(53-45)29-10-13-33-31(20-29)25-66-41-23-34-28(21-35(33)41)11-14-36-44(34)54-46(52-36)40-22-30-8-7-9-38(30)58(40)48(60)43(56-50(62)64-5)27-16-18-65-19-17-27/h10-11,13-14,20-21,23-24,26-27,30,32,38-40,42-43,50,56,62H,6-9,12,15-19,22,25H2,1-5H3,(H,51,53)(H,52,54)(H,55,61). The molecule has 5 aliphatic rings. The lowest BCUT2D eigenvalue weighted by atomic mass is 9.90. The number of carbonyl (C=O) groups excluding carboxylic acids is 3. The Kier molecular flexibility index (Phi) is 12.3. The summed E-state index contributed by atoms with van der Waals surface area (Å²) in [4.78, 5) is 62.3. The van der Waals surface area contributed by atoms with Crippen molar-refractivity contribution in [1.29, 1.82) is 0 Å². The van der Waals surface area contributed by atoms with Crippen LogP contribution in [0, 0.1) is 17.8 Å². The van der Waals surface area contributed by atoms with Crippen molar-refractivity contribution in [3.05, 3.63) is 65.9 Å². The van der Waals surface area contributed by atoms with Crippen LogP contribution in [-0.2, 0) is 30.4 Å². The highest BCUT2D eigenvalue weighted by molar-refractivity contribution is 6.07. The number of ether oxygens (including phenoxy) is 4. The van der Waals surface area contributed by atoms with E-state index in [1.54, 1.807) is 0 Å². The number of nitrogens with zero attached hydrogens (tertiary/aromatic N) is 4. The first-order valence-corrected chi connectivity index (χ1v) is 23.9. The number of hydrogen-bond acceptors (Lipinski definition) is 11. The van der Waals surface area contributed by atoms with E-state index in [0.717, 1.165) is 125 Å². The molecule has 350 valence electrons. The molecule has 5 N–H and O–H groups in total. The summed E-state index contributed by atoms with van der Waals surface area (Å²) in [6.07, 6.45) is 7.80. The summed E-state index contributed by atoms with van der Waals surface area (Å²) in [5, 5.41) is 18.4. The number of carbonyl (C=O) groups is 3. The highest BCUT2D eigenvalue weighted by Crippen LogP contribution is 2.49. The predicted molar refractivity (Wildman–Crippen MR) is 247 cm³/mol. The number of nitrogens with one attached hydrogen (secondary N) is 4. The quantitative estimate of drug-likeness (QED) is 0.0792. The van der Waals surface area contributed by atoms with Gasteiger partial charge < -0.3 is 49.1 Å². The van der Waals surface area contributed by atoms with Crippen LogP contribution in [0.25, 0.3) is 44.2 Å². The molecule has 16 heteroatoms. The molecule has 0 bridgehead atoms. The van der Waals surface area contributed by atoms with E-state index in [1.165, 1.54) is 14.2 Å². The van der Waals surface area contributed by atoms with Crippen LogP contribution in [0.3, 0.4) is 0 Å². The van der Waals surface area contributed by atoms with E-state index in [2.05, 4.69) is 74.9 Å². The number of benzene rings is 3. The van der Waals surface area contributed by atoms with Crippen molar-refractivity contribution in [2.75, 3.05) is 27.4 Å². The summed E-state index contributed by atoms with van der Waals surface area (Å²) in [5.41, 5.74) is 6.72. The Labute approximate surface area is 384 Å². The van der Waals surface area contributed by atoms with Crippen molar-refractivity contribution in [3.63, 3.8) is 0 Å². The monoisotopic (exact) mass is 902 g/mol. The number of aliphatic hydroxyl groups excluding tert-OH is 1. The summed E-state index contributed by atoms with van der Waals surface area (Å²) < 4.78 is 22.2. The minimum atomic E-state index is -1.25. The number of imidazole rings is 2. The molecule has 4 aliphatic heterocycles. The van der Waals surface area contributed by atoms with Crippen molar-refractivity contribution in [1.82, 2.24) is 40.4 Å². The molecule has 3 saturated heterocycles. The molecule has 3 amide bonds. The predicted octanol–water partition coefficient (Wildman–Crippen LogP) is 7.24. The Morgan fingerprint density at radius 1 is 0.924 bits per heavy atom. The minimum absolute atomic E-state index is 0.0105. The second-order valence-electron chi connectivity index (χ2n) is 19.2. The molecule has 1 aliphatic carbocycles. The number of hydrogen-bond donors (Lipinski definition) is 5. The zero-order valence-electron chi connectivity index (χ0n) is 38.5. The smallest absolute Gasteiger partial charge is 0.407 e. The summed E-state index contributed by atoms with van der Waals surface area (Å²) in [5.74, 6) is 2.44. The summed E-state index contributed by atoms with van der Waals surface area (Å²) in [6.45, 7) is 7.49. The number of aromatic amines is 2. The molecule has 2 aromatic heterocycles. The maximum absolute atomic E-state index is 14.8. The van der Waals surface area contributed by atoms with Gasteiger partial charge in [0.2, 0.25) is 18.2 Å². The summed E-state index contributed by atoms with van der Waals surface area (Å²) in [7, 11) is 2.73. The normalized spacial score (nSPS) is 24.3. The van der Waals surface area contributed by atoms with Crippen LogP contribution in [0.4, 0.5) is 4.79 Å². The fraction of sp³-hybridized carbons (Fsp3) is 0.540. The Bertz CT molecular complexity index is 2620. The molecule has 1 saturated carbocycles. The SMILES string of the molecule is CCC1CCC(c2ncc(-c3ccc4c(c3)COc3cc5c(ccc6[nH]c(C7CC8CCCC8N7C(=O)C(NC(O)OC)C7CCOCC7)nc65)cc3-4)[nH]2)N1C(=O)C(NC(=O)OC)C(C)C. The fourth-order valence-corrected chi connectivity index (χ4v) is 11.7. The molecule has 0 spiro atoms. The zero-order chi connectivity index (χ0) is 45.8. The van der Waals surface area contributed by atoms with E-state index in [1.807, 2.05) is 24.9 Å².